The first-order valence-electron chi connectivity index (χ1n) is 7.66. The Hall–Kier alpha value is -1.44. The Morgan fingerprint density at radius 3 is 2.62 bits per heavy atom. The highest BCUT2D eigenvalue weighted by atomic mass is 16.5. The second-order valence-corrected chi connectivity index (χ2v) is 5.47. The van der Waals surface area contributed by atoms with E-state index in [-0.39, 0.29) is 5.56 Å². The topological polar surface area (TPSA) is 62.6 Å². The molecule has 2 saturated heterocycles. The van der Waals surface area contributed by atoms with Gasteiger partial charge in [-0.1, -0.05) is 0 Å². The molecule has 3 heterocycles. The molecule has 0 unspecified atom stereocenters. The van der Waals surface area contributed by atoms with Crippen molar-refractivity contribution in [2.75, 3.05) is 63.9 Å². The number of aromatic nitrogens is 2. The van der Waals surface area contributed by atoms with Gasteiger partial charge < -0.3 is 15.0 Å². The van der Waals surface area contributed by atoms with Gasteiger partial charge in [0, 0.05) is 51.9 Å². The Labute approximate surface area is 124 Å². The van der Waals surface area contributed by atoms with Gasteiger partial charge >= 0.3 is 0 Å². The molecule has 2 aliphatic heterocycles. The van der Waals surface area contributed by atoms with E-state index in [0.29, 0.717) is 19.8 Å². The monoisotopic (exact) mass is 293 g/mol. The maximum absolute atomic E-state index is 12.2. The zero-order chi connectivity index (χ0) is 14.5. The van der Waals surface area contributed by atoms with Crippen LogP contribution in [0.2, 0.25) is 0 Å². The number of hydrogen-bond acceptors (Lipinski definition) is 6. The fourth-order valence-electron chi connectivity index (χ4n) is 2.76. The van der Waals surface area contributed by atoms with E-state index >= 15 is 0 Å². The van der Waals surface area contributed by atoms with Crippen LogP contribution in [0.15, 0.2) is 17.1 Å². The third-order valence-corrected chi connectivity index (χ3v) is 4.07. The van der Waals surface area contributed by atoms with E-state index in [1.807, 2.05) is 0 Å². The number of piperazine rings is 1. The largest absolute Gasteiger partial charge is 0.378 e. The van der Waals surface area contributed by atoms with Crippen molar-refractivity contribution in [3.05, 3.63) is 22.6 Å². The summed E-state index contributed by atoms with van der Waals surface area (Å²) in [6.07, 6.45) is 1.80. The quantitative estimate of drug-likeness (QED) is 0.767. The minimum Gasteiger partial charge on any atom is -0.378 e. The van der Waals surface area contributed by atoms with Crippen LogP contribution in [0.5, 0.6) is 0 Å². The third kappa shape index (κ3) is 3.81. The van der Waals surface area contributed by atoms with E-state index < -0.39 is 0 Å². The highest BCUT2D eigenvalue weighted by molar-refractivity contribution is 5.43. The predicted octanol–water partition coefficient (Wildman–Crippen LogP) is -1.01. The molecule has 0 bridgehead atoms. The van der Waals surface area contributed by atoms with Crippen molar-refractivity contribution in [2.24, 2.45) is 0 Å². The summed E-state index contributed by atoms with van der Waals surface area (Å²) < 4.78 is 6.89. The lowest BCUT2D eigenvalue weighted by Gasteiger charge is -2.29. The molecule has 0 spiro atoms. The van der Waals surface area contributed by atoms with Crippen LogP contribution >= 0.6 is 0 Å². The van der Waals surface area contributed by atoms with Crippen molar-refractivity contribution >= 4 is 5.69 Å². The number of hydrogen-bond donors (Lipinski definition) is 1. The number of anilines is 1. The van der Waals surface area contributed by atoms with Gasteiger partial charge in [-0.25, -0.2) is 4.68 Å². The number of nitrogens with zero attached hydrogens (tertiary/aromatic N) is 4. The molecular formula is C14H23N5O2. The van der Waals surface area contributed by atoms with Crippen LogP contribution in [0.4, 0.5) is 5.69 Å². The normalized spacial score (nSPS) is 20.7. The molecule has 0 radical (unpaired) electrons. The summed E-state index contributed by atoms with van der Waals surface area (Å²) in [5.41, 5.74) is 0.885. The molecule has 2 aliphatic rings. The molecule has 2 fully saturated rings. The summed E-state index contributed by atoms with van der Waals surface area (Å²) in [6.45, 7) is 8.75. The average Bonchev–Trinajstić information content (AvgIpc) is 2.55. The summed E-state index contributed by atoms with van der Waals surface area (Å²) in [5.74, 6) is 0. The van der Waals surface area contributed by atoms with Crippen LogP contribution in [0, 0.1) is 0 Å². The first-order valence-corrected chi connectivity index (χ1v) is 7.66. The number of ether oxygens (including phenoxy) is 1. The van der Waals surface area contributed by atoms with Gasteiger partial charge in [0.2, 0.25) is 0 Å². The summed E-state index contributed by atoms with van der Waals surface area (Å²) >= 11 is 0. The van der Waals surface area contributed by atoms with Crippen molar-refractivity contribution in [2.45, 2.75) is 6.54 Å². The molecule has 3 rings (SSSR count). The van der Waals surface area contributed by atoms with E-state index in [1.165, 1.54) is 0 Å². The molecule has 7 heteroatoms. The molecule has 7 nitrogen and oxygen atoms in total. The van der Waals surface area contributed by atoms with E-state index in [9.17, 15) is 4.79 Å². The van der Waals surface area contributed by atoms with Crippen molar-refractivity contribution in [1.29, 1.82) is 0 Å². The van der Waals surface area contributed by atoms with Gasteiger partial charge in [-0.2, -0.15) is 5.10 Å². The van der Waals surface area contributed by atoms with E-state index in [0.717, 1.165) is 51.5 Å². The highest BCUT2D eigenvalue weighted by Crippen LogP contribution is 2.11. The average molecular weight is 293 g/mol. The Balaban J connectivity index is 1.59. The highest BCUT2D eigenvalue weighted by Gasteiger charge is 2.13. The third-order valence-electron chi connectivity index (χ3n) is 4.07. The summed E-state index contributed by atoms with van der Waals surface area (Å²) in [7, 11) is 0. The summed E-state index contributed by atoms with van der Waals surface area (Å²) in [4.78, 5) is 16.7. The van der Waals surface area contributed by atoms with Crippen LogP contribution in [-0.4, -0.2) is 73.7 Å². The molecule has 0 amide bonds. The first-order chi connectivity index (χ1) is 10.3. The Bertz CT molecular complexity index is 506. The summed E-state index contributed by atoms with van der Waals surface area (Å²) in [6, 6.07) is 1.69. The van der Waals surface area contributed by atoms with E-state index in [1.54, 1.807) is 16.9 Å². The molecule has 0 saturated carbocycles. The fourth-order valence-corrected chi connectivity index (χ4v) is 2.76. The lowest BCUT2D eigenvalue weighted by Crippen LogP contribution is -2.45. The Morgan fingerprint density at radius 1 is 1.14 bits per heavy atom. The van der Waals surface area contributed by atoms with Crippen molar-refractivity contribution < 1.29 is 4.74 Å². The maximum atomic E-state index is 12.2. The zero-order valence-corrected chi connectivity index (χ0v) is 12.3. The van der Waals surface area contributed by atoms with Gasteiger partial charge in [0.1, 0.15) is 0 Å². The van der Waals surface area contributed by atoms with Gasteiger partial charge in [0.05, 0.1) is 31.6 Å². The van der Waals surface area contributed by atoms with Crippen LogP contribution in [0.1, 0.15) is 0 Å². The van der Waals surface area contributed by atoms with E-state index in [4.69, 9.17) is 4.74 Å². The molecule has 0 aromatic carbocycles. The molecule has 21 heavy (non-hydrogen) atoms. The van der Waals surface area contributed by atoms with Gasteiger partial charge in [-0.3, -0.25) is 9.69 Å². The zero-order valence-electron chi connectivity index (χ0n) is 12.3. The van der Waals surface area contributed by atoms with Crippen LogP contribution < -0.4 is 15.8 Å². The molecule has 116 valence electrons. The summed E-state index contributed by atoms with van der Waals surface area (Å²) in [5, 5.41) is 7.64. The minimum atomic E-state index is -0.0193. The molecular weight excluding hydrogens is 270 g/mol. The van der Waals surface area contributed by atoms with Gasteiger partial charge in [-0.15, -0.1) is 0 Å². The lowest BCUT2D eigenvalue weighted by molar-refractivity contribution is 0.122. The number of rotatable bonds is 4. The lowest BCUT2D eigenvalue weighted by atomic mass is 10.3. The van der Waals surface area contributed by atoms with Crippen LogP contribution in [0.3, 0.4) is 0 Å². The molecule has 1 aromatic heterocycles. The Morgan fingerprint density at radius 2 is 1.90 bits per heavy atom. The molecule has 1 N–H and O–H groups in total. The smallest absolute Gasteiger partial charge is 0.268 e. The number of morpholine rings is 1. The Kier molecular flexibility index (Phi) is 4.84. The molecule has 1 aromatic rings. The van der Waals surface area contributed by atoms with Crippen LogP contribution in [-0.2, 0) is 11.3 Å². The SMILES string of the molecule is O=c1cc(N2CCOCC2)cnn1CCN1CCNCC1. The molecule has 0 atom stereocenters. The van der Waals surface area contributed by atoms with Crippen molar-refractivity contribution in [3.63, 3.8) is 0 Å². The first kappa shape index (κ1) is 14.5. The fraction of sp³-hybridized carbons (Fsp3) is 0.714. The van der Waals surface area contributed by atoms with Gasteiger partial charge in [0.15, 0.2) is 0 Å². The van der Waals surface area contributed by atoms with Gasteiger partial charge in [0.25, 0.3) is 5.56 Å². The van der Waals surface area contributed by atoms with Crippen molar-refractivity contribution in [1.82, 2.24) is 20.0 Å². The van der Waals surface area contributed by atoms with E-state index in [2.05, 4.69) is 20.2 Å². The predicted molar refractivity (Wildman–Crippen MR) is 80.8 cm³/mol. The van der Waals surface area contributed by atoms with Gasteiger partial charge in [-0.05, 0) is 0 Å². The second-order valence-electron chi connectivity index (χ2n) is 5.47. The van der Waals surface area contributed by atoms with Crippen LogP contribution in [0.25, 0.3) is 0 Å². The minimum absolute atomic E-state index is 0.0193. The number of nitrogens with one attached hydrogen (secondary N) is 1. The second kappa shape index (κ2) is 7.02. The maximum Gasteiger partial charge on any atom is 0.268 e. The standard InChI is InChI=1S/C14H23N5O2/c20-14-11-13(18-7-9-21-10-8-18)12-16-19(14)6-5-17-3-1-15-2-4-17/h11-12,15H,1-10H2. The van der Waals surface area contributed by atoms with Crippen molar-refractivity contribution in [3.8, 4) is 0 Å². The molecule has 0 aliphatic carbocycles.